The normalized spacial score (nSPS) is 10.6. The van der Waals surface area contributed by atoms with Gasteiger partial charge in [0, 0.05) is 23.2 Å². The van der Waals surface area contributed by atoms with Crippen molar-refractivity contribution >= 4 is 28.1 Å². The Kier molecular flexibility index (Phi) is 5.63. The number of rotatable bonds is 6. The predicted molar refractivity (Wildman–Crippen MR) is 104 cm³/mol. The van der Waals surface area contributed by atoms with Gasteiger partial charge in [-0.2, -0.15) is 0 Å². The Morgan fingerprint density at radius 2 is 1.81 bits per heavy atom. The van der Waals surface area contributed by atoms with Crippen molar-refractivity contribution < 1.29 is 9.18 Å². The fourth-order valence-corrected chi connectivity index (χ4v) is 3.54. The van der Waals surface area contributed by atoms with Crippen LogP contribution in [0.5, 0.6) is 0 Å². The van der Waals surface area contributed by atoms with E-state index in [1.54, 1.807) is 18.3 Å². The second-order valence-corrected chi connectivity index (χ2v) is 7.22. The first kappa shape index (κ1) is 18.1. The first-order valence-electron chi connectivity index (χ1n) is 8.30. The van der Waals surface area contributed by atoms with Gasteiger partial charge in [-0.1, -0.05) is 30.3 Å². The third kappa shape index (κ3) is 4.67. The van der Waals surface area contributed by atoms with Crippen LogP contribution in [0.4, 0.5) is 15.2 Å². The molecule has 0 atom stereocenters. The maximum atomic E-state index is 13.0. The van der Waals surface area contributed by atoms with Crippen LogP contribution in [0.1, 0.15) is 21.6 Å². The minimum Gasteiger partial charge on any atom is -0.376 e. The highest BCUT2D eigenvalue weighted by molar-refractivity contribution is 7.15. The van der Waals surface area contributed by atoms with E-state index in [0.29, 0.717) is 11.6 Å². The van der Waals surface area contributed by atoms with Gasteiger partial charge < -0.3 is 10.6 Å². The van der Waals surface area contributed by atoms with Crippen molar-refractivity contribution in [2.45, 2.75) is 20.3 Å². The van der Waals surface area contributed by atoms with Crippen LogP contribution < -0.4 is 10.6 Å². The summed E-state index contributed by atoms with van der Waals surface area (Å²) in [6.07, 6.45) is 2.40. The molecule has 3 aromatic rings. The first-order chi connectivity index (χ1) is 12.5. The summed E-state index contributed by atoms with van der Waals surface area (Å²) in [7, 11) is 0. The van der Waals surface area contributed by atoms with Crippen molar-refractivity contribution in [3.8, 4) is 0 Å². The lowest BCUT2D eigenvalue weighted by Gasteiger charge is -2.11. The van der Waals surface area contributed by atoms with Gasteiger partial charge >= 0.3 is 0 Å². The zero-order chi connectivity index (χ0) is 18.5. The van der Waals surface area contributed by atoms with Gasteiger partial charge in [0.1, 0.15) is 5.82 Å². The molecular formula is C20H20FN3OS. The Morgan fingerprint density at radius 1 is 1.12 bits per heavy atom. The Balaban J connectivity index is 1.55. The largest absolute Gasteiger partial charge is 0.376 e. The zero-order valence-electron chi connectivity index (χ0n) is 14.7. The minimum absolute atomic E-state index is 0.143. The highest BCUT2D eigenvalue weighted by Gasteiger charge is 2.09. The molecule has 0 saturated carbocycles. The summed E-state index contributed by atoms with van der Waals surface area (Å²) in [5, 5.41) is 6.56. The number of carbonyl (C=O) groups excluding carboxylic acids is 1. The molecule has 0 spiro atoms. The molecule has 6 heteroatoms. The van der Waals surface area contributed by atoms with Gasteiger partial charge in [0.2, 0.25) is 5.91 Å². The number of carbonyl (C=O) groups is 1. The molecule has 1 amide bonds. The summed E-state index contributed by atoms with van der Waals surface area (Å²) in [6, 6.07) is 12.4. The summed E-state index contributed by atoms with van der Waals surface area (Å²) in [4.78, 5) is 17.4. The lowest BCUT2D eigenvalue weighted by molar-refractivity contribution is -0.114. The van der Waals surface area contributed by atoms with Crippen LogP contribution in [0.25, 0.3) is 0 Å². The summed E-state index contributed by atoms with van der Waals surface area (Å²) in [6.45, 7) is 4.20. The van der Waals surface area contributed by atoms with E-state index < -0.39 is 0 Å². The molecule has 0 aliphatic heterocycles. The van der Waals surface area contributed by atoms with Crippen LogP contribution in [0.3, 0.4) is 0 Å². The molecule has 0 bridgehead atoms. The molecule has 1 heterocycles. The number of para-hydroxylation sites is 1. The van der Waals surface area contributed by atoms with E-state index in [0.717, 1.165) is 27.3 Å². The Morgan fingerprint density at radius 3 is 2.50 bits per heavy atom. The van der Waals surface area contributed by atoms with Crippen molar-refractivity contribution in [2.24, 2.45) is 0 Å². The summed E-state index contributed by atoms with van der Waals surface area (Å²) in [5.41, 5.74) is 4.20. The number of amides is 1. The summed E-state index contributed by atoms with van der Waals surface area (Å²) < 4.78 is 13.0. The molecule has 0 saturated heterocycles. The van der Waals surface area contributed by atoms with Gasteiger partial charge in [0.25, 0.3) is 0 Å². The van der Waals surface area contributed by atoms with Crippen molar-refractivity contribution in [3.05, 3.63) is 76.0 Å². The smallest absolute Gasteiger partial charge is 0.245 e. The van der Waals surface area contributed by atoms with Gasteiger partial charge in [0.15, 0.2) is 5.13 Å². The second-order valence-electron chi connectivity index (χ2n) is 6.10. The second kappa shape index (κ2) is 8.10. The maximum absolute atomic E-state index is 13.0. The number of nitrogens with one attached hydrogen (secondary N) is 2. The molecule has 1 aromatic heterocycles. The van der Waals surface area contributed by atoms with Crippen molar-refractivity contribution in [1.82, 2.24) is 4.98 Å². The lowest BCUT2D eigenvalue weighted by atomic mass is 10.1. The van der Waals surface area contributed by atoms with Gasteiger partial charge in [-0.25, -0.2) is 9.37 Å². The van der Waals surface area contributed by atoms with E-state index in [2.05, 4.69) is 15.6 Å². The average molecular weight is 369 g/mol. The van der Waals surface area contributed by atoms with Gasteiger partial charge in [-0.15, -0.1) is 11.3 Å². The standard InChI is InChI=1S/C20H20FN3OS/c1-13-4-3-5-14(2)19(13)22-12-18(25)24-20-23-11-17(26-20)10-15-6-8-16(21)9-7-15/h3-9,11,22H,10,12H2,1-2H3,(H,23,24,25). The third-order valence-electron chi connectivity index (χ3n) is 4.00. The van der Waals surface area contributed by atoms with E-state index in [9.17, 15) is 9.18 Å². The van der Waals surface area contributed by atoms with Crippen LogP contribution in [-0.4, -0.2) is 17.4 Å². The number of aromatic nitrogens is 1. The summed E-state index contributed by atoms with van der Waals surface area (Å²) in [5.74, 6) is -0.391. The fourth-order valence-electron chi connectivity index (χ4n) is 2.68. The zero-order valence-corrected chi connectivity index (χ0v) is 15.5. The fraction of sp³-hybridized carbons (Fsp3) is 0.200. The number of benzene rings is 2. The van der Waals surface area contributed by atoms with E-state index in [1.165, 1.54) is 23.5 Å². The average Bonchev–Trinajstić information content (AvgIpc) is 3.03. The lowest BCUT2D eigenvalue weighted by Crippen LogP contribution is -2.22. The highest BCUT2D eigenvalue weighted by atomic mass is 32.1. The number of nitrogens with zero attached hydrogens (tertiary/aromatic N) is 1. The van der Waals surface area contributed by atoms with Crippen LogP contribution >= 0.6 is 11.3 Å². The van der Waals surface area contributed by atoms with Crippen LogP contribution in [-0.2, 0) is 11.2 Å². The van der Waals surface area contributed by atoms with Crippen molar-refractivity contribution in [1.29, 1.82) is 0 Å². The van der Waals surface area contributed by atoms with Crippen LogP contribution in [0.15, 0.2) is 48.7 Å². The van der Waals surface area contributed by atoms with E-state index in [-0.39, 0.29) is 18.3 Å². The van der Waals surface area contributed by atoms with Gasteiger partial charge in [-0.05, 0) is 42.7 Å². The molecule has 2 aromatic carbocycles. The third-order valence-corrected chi connectivity index (χ3v) is 4.91. The van der Waals surface area contributed by atoms with Gasteiger partial charge in [0.05, 0.1) is 6.54 Å². The highest BCUT2D eigenvalue weighted by Crippen LogP contribution is 2.22. The Labute approximate surface area is 156 Å². The number of thiazole rings is 1. The first-order valence-corrected chi connectivity index (χ1v) is 9.12. The van der Waals surface area contributed by atoms with E-state index in [1.807, 2.05) is 32.0 Å². The van der Waals surface area contributed by atoms with Crippen LogP contribution in [0.2, 0.25) is 0 Å². The number of halogens is 1. The van der Waals surface area contributed by atoms with E-state index >= 15 is 0 Å². The van der Waals surface area contributed by atoms with Crippen LogP contribution in [0, 0.1) is 19.7 Å². The monoisotopic (exact) mass is 369 g/mol. The molecule has 0 radical (unpaired) electrons. The minimum atomic E-state index is -0.248. The van der Waals surface area contributed by atoms with E-state index in [4.69, 9.17) is 0 Å². The summed E-state index contributed by atoms with van der Waals surface area (Å²) >= 11 is 1.42. The predicted octanol–water partition coefficient (Wildman–Crippen LogP) is 4.54. The number of hydrogen-bond donors (Lipinski definition) is 2. The van der Waals surface area contributed by atoms with Crippen molar-refractivity contribution in [2.75, 3.05) is 17.2 Å². The molecule has 2 N–H and O–H groups in total. The molecule has 4 nitrogen and oxygen atoms in total. The molecule has 0 unspecified atom stereocenters. The van der Waals surface area contributed by atoms with Gasteiger partial charge in [-0.3, -0.25) is 4.79 Å². The quantitative estimate of drug-likeness (QED) is 0.671. The number of aryl methyl sites for hydroxylation is 2. The topological polar surface area (TPSA) is 54.0 Å². The Bertz CT molecular complexity index is 885. The molecule has 134 valence electrons. The number of anilines is 2. The SMILES string of the molecule is Cc1cccc(C)c1NCC(=O)Nc1ncc(Cc2ccc(F)cc2)s1. The molecule has 26 heavy (non-hydrogen) atoms. The number of hydrogen-bond acceptors (Lipinski definition) is 4. The molecule has 0 aliphatic rings. The maximum Gasteiger partial charge on any atom is 0.245 e. The Hall–Kier alpha value is -2.73. The molecule has 3 rings (SSSR count). The van der Waals surface area contributed by atoms with Crippen molar-refractivity contribution in [3.63, 3.8) is 0 Å². The molecular weight excluding hydrogens is 349 g/mol. The molecule has 0 aliphatic carbocycles. The molecule has 0 fully saturated rings.